The molecule has 0 aromatic carbocycles. The second-order valence-electron chi connectivity index (χ2n) is 5.47. The lowest BCUT2D eigenvalue weighted by atomic mass is 9.63. The molecule has 0 aliphatic carbocycles. The van der Waals surface area contributed by atoms with Crippen molar-refractivity contribution in [1.82, 2.24) is 0 Å². The van der Waals surface area contributed by atoms with Gasteiger partial charge in [-0.1, -0.05) is 25.5 Å². The number of hydrogen-bond acceptors (Lipinski definition) is 2. The van der Waals surface area contributed by atoms with Crippen LogP contribution in [0, 0.1) is 5.92 Å². The second-order valence-corrected chi connectivity index (χ2v) is 5.47. The van der Waals surface area contributed by atoms with E-state index in [0.29, 0.717) is 6.10 Å². The van der Waals surface area contributed by atoms with Gasteiger partial charge in [-0.2, -0.15) is 0 Å². The van der Waals surface area contributed by atoms with Gasteiger partial charge in [-0.05, 0) is 18.8 Å². The van der Waals surface area contributed by atoms with Gasteiger partial charge in [-0.15, -0.1) is 0 Å². The molecule has 3 rings (SSSR count). The van der Waals surface area contributed by atoms with Gasteiger partial charge in [0.25, 0.3) is 0 Å². The predicted octanol–water partition coefficient (Wildman–Crippen LogP) is 2.36. The zero-order valence-electron chi connectivity index (χ0n) is 9.71. The average Bonchev–Trinajstić information content (AvgIpc) is 2.85. The number of ether oxygens (including phenoxy) is 2. The van der Waals surface area contributed by atoms with Gasteiger partial charge in [-0.25, -0.2) is 0 Å². The van der Waals surface area contributed by atoms with Crippen molar-refractivity contribution < 1.29 is 9.47 Å². The summed E-state index contributed by atoms with van der Waals surface area (Å²) in [6.45, 7) is 3.23. The van der Waals surface area contributed by atoms with Crippen LogP contribution in [-0.4, -0.2) is 25.8 Å². The Bertz CT molecular complexity index is 238. The van der Waals surface area contributed by atoms with Gasteiger partial charge >= 0.3 is 0 Å². The minimum absolute atomic E-state index is 0.149. The molecule has 3 aliphatic rings. The summed E-state index contributed by atoms with van der Waals surface area (Å²) in [7, 11) is 1.38. The largest absolute Gasteiger partial charge is 0.350 e. The highest BCUT2D eigenvalue weighted by atomic mass is 16.7. The fourth-order valence-corrected chi connectivity index (χ4v) is 3.87. The van der Waals surface area contributed by atoms with Crippen molar-refractivity contribution in [3.63, 3.8) is 0 Å². The molecule has 3 fully saturated rings. The Hall–Kier alpha value is -0.0151. The summed E-state index contributed by atoms with van der Waals surface area (Å²) < 4.78 is 12.1. The predicted molar refractivity (Wildman–Crippen MR) is 61.5 cm³/mol. The third-order valence-electron chi connectivity index (χ3n) is 4.72. The summed E-state index contributed by atoms with van der Waals surface area (Å²) in [4.78, 5) is 0. The Morgan fingerprint density at radius 1 is 1.40 bits per heavy atom. The molecule has 15 heavy (non-hydrogen) atoms. The van der Waals surface area contributed by atoms with E-state index in [0.717, 1.165) is 31.2 Å². The highest BCUT2D eigenvalue weighted by Crippen LogP contribution is 2.48. The molecular weight excluding hydrogens is 187 g/mol. The van der Waals surface area contributed by atoms with Crippen LogP contribution in [0.4, 0.5) is 0 Å². The lowest BCUT2D eigenvalue weighted by Crippen LogP contribution is -2.42. The summed E-state index contributed by atoms with van der Waals surface area (Å²) in [5.41, 5.74) is 0. The van der Waals surface area contributed by atoms with Crippen LogP contribution in [0.25, 0.3) is 0 Å². The zero-order valence-corrected chi connectivity index (χ0v) is 9.71. The molecule has 0 bridgehead atoms. The van der Waals surface area contributed by atoms with Crippen molar-refractivity contribution in [1.29, 1.82) is 0 Å². The number of rotatable bonds is 1. The summed E-state index contributed by atoms with van der Waals surface area (Å²) in [5, 5.41) is 0. The first kappa shape index (κ1) is 10.2. The third-order valence-corrected chi connectivity index (χ3v) is 4.72. The topological polar surface area (TPSA) is 18.5 Å². The van der Waals surface area contributed by atoms with Crippen molar-refractivity contribution in [2.24, 2.45) is 5.92 Å². The quantitative estimate of drug-likeness (QED) is 0.616. The Balaban J connectivity index is 1.70. The first-order valence-electron chi connectivity index (χ1n) is 6.65. The Morgan fingerprint density at radius 2 is 2.33 bits per heavy atom. The van der Waals surface area contributed by atoms with Gasteiger partial charge in [-0.3, -0.25) is 0 Å². The lowest BCUT2D eigenvalue weighted by molar-refractivity contribution is -0.264. The fraction of sp³-hybridized carbons (Fsp3) is 1.00. The molecule has 0 N–H and O–H groups in total. The first-order chi connectivity index (χ1) is 7.33. The smallest absolute Gasteiger partial charge is 0.168 e. The Labute approximate surface area is 93.0 Å². The zero-order chi connectivity index (χ0) is 10.3. The molecule has 4 atom stereocenters. The highest BCUT2D eigenvalue weighted by molar-refractivity contribution is 6.39. The number of hydrogen-bond donors (Lipinski definition) is 0. The molecule has 4 unspecified atom stereocenters. The minimum atomic E-state index is -0.149. The van der Waals surface area contributed by atoms with Crippen LogP contribution in [0.5, 0.6) is 0 Å². The van der Waals surface area contributed by atoms with Crippen molar-refractivity contribution in [3.8, 4) is 0 Å². The standard InChI is InChI=1S/C12H21BO2/c1-2-10-9-4-6-12(5-3-7-14-12)15-11(9)8-13-10/h9-11,13H,2-8H2,1H3. The van der Waals surface area contributed by atoms with Gasteiger partial charge in [0, 0.05) is 12.8 Å². The van der Waals surface area contributed by atoms with Crippen molar-refractivity contribution in [3.05, 3.63) is 0 Å². The van der Waals surface area contributed by atoms with Crippen LogP contribution < -0.4 is 0 Å². The normalized spacial score (nSPS) is 49.3. The van der Waals surface area contributed by atoms with Crippen LogP contribution in [0.1, 0.15) is 39.0 Å². The Kier molecular flexibility index (Phi) is 2.56. The fourth-order valence-electron chi connectivity index (χ4n) is 3.87. The minimum Gasteiger partial charge on any atom is -0.350 e. The monoisotopic (exact) mass is 208 g/mol. The molecule has 0 radical (unpaired) electrons. The van der Waals surface area contributed by atoms with Gasteiger partial charge < -0.3 is 9.47 Å². The van der Waals surface area contributed by atoms with Gasteiger partial charge in [0.1, 0.15) is 7.28 Å². The van der Waals surface area contributed by atoms with Gasteiger partial charge in [0.2, 0.25) is 0 Å². The van der Waals surface area contributed by atoms with E-state index in [1.165, 1.54) is 32.9 Å². The van der Waals surface area contributed by atoms with E-state index >= 15 is 0 Å². The van der Waals surface area contributed by atoms with Crippen molar-refractivity contribution in [2.45, 2.75) is 63.1 Å². The molecule has 0 saturated carbocycles. The Morgan fingerprint density at radius 3 is 3.07 bits per heavy atom. The third kappa shape index (κ3) is 1.64. The summed E-state index contributed by atoms with van der Waals surface area (Å²) in [6, 6.07) is 0. The van der Waals surface area contributed by atoms with E-state index in [1.54, 1.807) is 0 Å². The van der Waals surface area contributed by atoms with Crippen LogP contribution in [-0.2, 0) is 9.47 Å². The maximum atomic E-state index is 6.27. The molecule has 3 heteroatoms. The molecule has 0 amide bonds. The SMILES string of the molecule is CCC1BCC2OC3(CCCO3)CCC12. The second kappa shape index (κ2) is 3.78. The van der Waals surface area contributed by atoms with E-state index < -0.39 is 0 Å². The first-order valence-corrected chi connectivity index (χ1v) is 6.65. The van der Waals surface area contributed by atoms with E-state index in [-0.39, 0.29) is 5.79 Å². The summed E-state index contributed by atoms with van der Waals surface area (Å²) in [5.74, 6) is 1.61. The summed E-state index contributed by atoms with van der Waals surface area (Å²) >= 11 is 0. The summed E-state index contributed by atoms with van der Waals surface area (Å²) in [6.07, 6.45) is 7.92. The van der Waals surface area contributed by atoms with Crippen molar-refractivity contribution >= 4 is 7.28 Å². The number of fused-ring (bicyclic) bond motifs is 1. The van der Waals surface area contributed by atoms with Crippen molar-refractivity contribution in [2.75, 3.05) is 6.61 Å². The van der Waals surface area contributed by atoms with Gasteiger partial charge in [0.05, 0.1) is 12.7 Å². The molecule has 0 aromatic rings. The molecule has 1 spiro atoms. The van der Waals surface area contributed by atoms with E-state index in [4.69, 9.17) is 9.47 Å². The van der Waals surface area contributed by atoms with Crippen LogP contribution in [0.15, 0.2) is 0 Å². The molecular formula is C12H21BO2. The average molecular weight is 208 g/mol. The van der Waals surface area contributed by atoms with E-state index in [9.17, 15) is 0 Å². The molecule has 3 heterocycles. The molecule has 3 saturated heterocycles. The lowest BCUT2D eigenvalue weighted by Gasteiger charge is -2.41. The molecule has 0 aromatic heterocycles. The molecule has 84 valence electrons. The molecule has 2 nitrogen and oxygen atoms in total. The molecule has 3 aliphatic heterocycles. The van der Waals surface area contributed by atoms with E-state index in [1.807, 2.05) is 0 Å². The maximum absolute atomic E-state index is 6.27. The van der Waals surface area contributed by atoms with Gasteiger partial charge in [0.15, 0.2) is 5.79 Å². The van der Waals surface area contributed by atoms with Crippen LogP contribution in [0.3, 0.4) is 0 Å². The maximum Gasteiger partial charge on any atom is 0.168 e. The van der Waals surface area contributed by atoms with Crippen LogP contribution >= 0.6 is 0 Å². The van der Waals surface area contributed by atoms with E-state index in [2.05, 4.69) is 6.92 Å². The van der Waals surface area contributed by atoms with Crippen LogP contribution in [0.2, 0.25) is 12.1 Å². The highest BCUT2D eigenvalue weighted by Gasteiger charge is 2.48.